The van der Waals surface area contributed by atoms with Gasteiger partial charge in [-0.15, -0.1) is 0 Å². The predicted molar refractivity (Wildman–Crippen MR) is 64.3 cm³/mol. The molecule has 0 radical (unpaired) electrons. The van der Waals surface area contributed by atoms with Crippen molar-refractivity contribution in [3.63, 3.8) is 0 Å². The second-order valence-electron chi connectivity index (χ2n) is 4.87. The van der Waals surface area contributed by atoms with Crippen LogP contribution in [0, 0.1) is 0 Å². The van der Waals surface area contributed by atoms with Crippen molar-refractivity contribution in [1.29, 1.82) is 0 Å². The van der Waals surface area contributed by atoms with Crippen LogP contribution in [0.2, 0.25) is 0 Å². The highest BCUT2D eigenvalue weighted by Gasteiger charge is 2.16. The molecule has 0 bridgehead atoms. The van der Waals surface area contributed by atoms with Crippen molar-refractivity contribution in [2.75, 3.05) is 7.11 Å². The van der Waals surface area contributed by atoms with Gasteiger partial charge in [-0.25, -0.2) is 0 Å². The molecule has 1 aromatic rings. The molecule has 2 nitrogen and oxygen atoms in total. The Morgan fingerprint density at radius 2 is 1.80 bits per heavy atom. The molecule has 0 fully saturated rings. The Morgan fingerprint density at radius 3 is 2.20 bits per heavy atom. The average Bonchev–Trinajstić information content (AvgIpc) is 2.15. The molecular weight excluding hydrogens is 186 g/mol. The molecule has 1 rings (SSSR count). The Balaban J connectivity index is 3.23. The van der Waals surface area contributed by atoms with Gasteiger partial charge in [0.2, 0.25) is 0 Å². The molecule has 15 heavy (non-hydrogen) atoms. The molecule has 0 aliphatic carbocycles. The quantitative estimate of drug-likeness (QED) is 0.827. The van der Waals surface area contributed by atoms with Crippen molar-refractivity contribution in [1.82, 2.24) is 0 Å². The first kappa shape index (κ1) is 12.1. The third-order valence-corrected chi connectivity index (χ3v) is 2.58. The fraction of sp³-hybridized carbons (Fsp3) is 0.538. The fourth-order valence-corrected chi connectivity index (χ4v) is 1.45. The first-order valence-electron chi connectivity index (χ1n) is 5.33. The van der Waals surface area contributed by atoms with Crippen LogP contribution in [0.1, 0.15) is 44.7 Å². The Morgan fingerprint density at radius 1 is 1.20 bits per heavy atom. The summed E-state index contributed by atoms with van der Waals surface area (Å²) in [5, 5.41) is 0. The molecule has 84 valence electrons. The van der Waals surface area contributed by atoms with Gasteiger partial charge < -0.3 is 10.5 Å². The monoisotopic (exact) mass is 207 g/mol. The Hall–Kier alpha value is -1.02. The average molecular weight is 207 g/mol. The van der Waals surface area contributed by atoms with Crippen LogP contribution in [0.25, 0.3) is 0 Å². The van der Waals surface area contributed by atoms with E-state index in [2.05, 4.69) is 26.0 Å². The predicted octanol–water partition coefficient (Wildman–Crippen LogP) is 3.01. The molecule has 0 aromatic heterocycles. The maximum Gasteiger partial charge on any atom is 0.119 e. The molecule has 0 aliphatic rings. The number of ether oxygens (including phenoxy) is 1. The lowest BCUT2D eigenvalue weighted by atomic mass is 9.91. The van der Waals surface area contributed by atoms with E-state index in [1.54, 1.807) is 7.11 Å². The van der Waals surface area contributed by atoms with Gasteiger partial charge in [-0.3, -0.25) is 0 Å². The zero-order chi connectivity index (χ0) is 11.6. The normalized spacial score (nSPS) is 11.9. The van der Waals surface area contributed by atoms with Gasteiger partial charge in [-0.2, -0.15) is 0 Å². The van der Waals surface area contributed by atoms with Gasteiger partial charge in [0.1, 0.15) is 5.75 Å². The van der Waals surface area contributed by atoms with Gasteiger partial charge >= 0.3 is 0 Å². The fourth-order valence-electron chi connectivity index (χ4n) is 1.45. The lowest BCUT2D eigenvalue weighted by Crippen LogP contribution is -2.28. The standard InChI is InChI=1S/C13H21NO/c1-9(2)10-6-11(13(3,4)14)8-12(7-10)15-5/h6-9H,14H2,1-5H3. The SMILES string of the molecule is COc1cc(C(C)C)cc(C(C)(C)N)c1. The minimum atomic E-state index is -0.321. The van der Waals surface area contributed by atoms with Crippen LogP contribution in [-0.4, -0.2) is 7.11 Å². The van der Waals surface area contributed by atoms with Gasteiger partial charge in [0.25, 0.3) is 0 Å². The summed E-state index contributed by atoms with van der Waals surface area (Å²) >= 11 is 0. The molecule has 2 N–H and O–H groups in total. The first-order chi connectivity index (χ1) is 6.84. The second kappa shape index (κ2) is 4.23. The summed E-state index contributed by atoms with van der Waals surface area (Å²) in [7, 11) is 1.69. The van der Waals surface area contributed by atoms with Crippen molar-refractivity contribution in [3.8, 4) is 5.75 Å². The third kappa shape index (κ3) is 2.96. The van der Waals surface area contributed by atoms with Crippen molar-refractivity contribution >= 4 is 0 Å². The van der Waals surface area contributed by atoms with Crippen molar-refractivity contribution in [2.24, 2.45) is 5.73 Å². The number of benzene rings is 1. The minimum Gasteiger partial charge on any atom is -0.497 e. The van der Waals surface area contributed by atoms with E-state index in [4.69, 9.17) is 10.5 Å². The van der Waals surface area contributed by atoms with E-state index in [0.29, 0.717) is 5.92 Å². The number of hydrogen-bond acceptors (Lipinski definition) is 2. The van der Waals surface area contributed by atoms with Gasteiger partial charge in [0.05, 0.1) is 7.11 Å². The number of nitrogens with two attached hydrogens (primary N) is 1. The Bertz CT molecular complexity index is 337. The second-order valence-corrected chi connectivity index (χ2v) is 4.87. The zero-order valence-electron chi connectivity index (χ0n) is 10.3. The van der Waals surface area contributed by atoms with Crippen LogP contribution in [-0.2, 0) is 5.54 Å². The maximum absolute atomic E-state index is 6.09. The molecule has 0 saturated carbocycles. The molecular formula is C13H21NO. The molecule has 0 amide bonds. The molecule has 0 heterocycles. The molecule has 0 unspecified atom stereocenters. The van der Waals surface area contributed by atoms with Gasteiger partial charge in [0.15, 0.2) is 0 Å². The van der Waals surface area contributed by atoms with E-state index in [-0.39, 0.29) is 5.54 Å². The minimum absolute atomic E-state index is 0.321. The van der Waals surface area contributed by atoms with Crippen LogP contribution in [0.3, 0.4) is 0 Å². The highest BCUT2D eigenvalue weighted by Crippen LogP contribution is 2.27. The third-order valence-electron chi connectivity index (χ3n) is 2.58. The van der Waals surface area contributed by atoms with E-state index in [1.807, 2.05) is 19.9 Å². The van der Waals surface area contributed by atoms with E-state index < -0.39 is 0 Å². The molecule has 0 saturated heterocycles. The molecule has 0 aliphatic heterocycles. The van der Waals surface area contributed by atoms with Crippen LogP contribution in [0.4, 0.5) is 0 Å². The van der Waals surface area contributed by atoms with Crippen LogP contribution in [0.15, 0.2) is 18.2 Å². The summed E-state index contributed by atoms with van der Waals surface area (Å²) in [6.45, 7) is 8.35. The van der Waals surface area contributed by atoms with Crippen molar-refractivity contribution in [2.45, 2.75) is 39.2 Å². The van der Waals surface area contributed by atoms with Gasteiger partial charge in [-0.05, 0) is 43.0 Å². The maximum atomic E-state index is 6.09. The van der Waals surface area contributed by atoms with E-state index in [0.717, 1.165) is 11.3 Å². The van der Waals surface area contributed by atoms with Crippen molar-refractivity contribution < 1.29 is 4.74 Å². The Labute approximate surface area is 92.4 Å². The van der Waals surface area contributed by atoms with Gasteiger partial charge in [0, 0.05) is 5.54 Å². The topological polar surface area (TPSA) is 35.2 Å². The van der Waals surface area contributed by atoms with Crippen LogP contribution >= 0.6 is 0 Å². The zero-order valence-corrected chi connectivity index (χ0v) is 10.3. The van der Waals surface area contributed by atoms with Crippen molar-refractivity contribution in [3.05, 3.63) is 29.3 Å². The summed E-state index contributed by atoms with van der Waals surface area (Å²) in [6.07, 6.45) is 0. The summed E-state index contributed by atoms with van der Waals surface area (Å²) in [6, 6.07) is 6.24. The van der Waals surface area contributed by atoms with Crippen LogP contribution in [0.5, 0.6) is 5.75 Å². The summed E-state index contributed by atoms with van der Waals surface area (Å²) in [5.74, 6) is 1.37. The number of rotatable bonds is 3. The van der Waals surface area contributed by atoms with E-state index in [1.165, 1.54) is 5.56 Å². The first-order valence-corrected chi connectivity index (χ1v) is 5.33. The highest BCUT2D eigenvalue weighted by atomic mass is 16.5. The number of methoxy groups -OCH3 is 1. The molecule has 1 aromatic carbocycles. The molecule has 0 atom stereocenters. The van der Waals surface area contributed by atoms with E-state index >= 15 is 0 Å². The lowest BCUT2D eigenvalue weighted by molar-refractivity contribution is 0.411. The summed E-state index contributed by atoms with van der Waals surface area (Å²) < 4.78 is 5.29. The molecule has 0 spiro atoms. The summed E-state index contributed by atoms with van der Waals surface area (Å²) in [4.78, 5) is 0. The largest absolute Gasteiger partial charge is 0.497 e. The van der Waals surface area contributed by atoms with E-state index in [9.17, 15) is 0 Å². The highest BCUT2D eigenvalue weighted by molar-refractivity contribution is 5.38. The lowest BCUT2D eigenvalue weighted by Gasteiger charge is -2.22. The summed E-state index contributed by atoms with van der Waals surface area (Å²) in [5.41, 5.74) is 8.16. The smallest absolute Gasteiger partial charge is 0.119 e. The number of hydrogen-bond donors (Lipinski definition) is 1. The van der Waals surface area contributed by atoms with Crippen LogP contribution < -0.4 is 10.5 Å². The molecule has 2 heteroatoms. The Kier molecular flexibility index (Phi) is 3.40. The van der Waals surface area contributed by atoms with Gasteiger partial charge in [-0.1, -0.05) is 19.9 Å².